The Hall–Kier alpha value is -1.07. The number of carbonyl (C=O) groups is 1. The number of rotatable bonds is 2. The van der Waals surface area contributed by atoms with E-state index in [0.29, 0.717) is 5.76 Å². The Morgan fingerprint density at radius 1 is 1.41 bits per heavy atom. The largest absolute Gasteiger partial charge is 0.429 e. The highest BCUT2D eigenvalue weighted by atomic mass is 16.7. The van der Waals surface area contributed by atoms with Crippen molar-refractivity contribution in [3.8, 4) is 0 Å². The summed E-state index contributed by atoms with van der Waals surface area (Å²) < 4.78 is 16.7. The highest BCUT2D eigenvalue weighted by Crippen LogP contribution is 2.35. The smallest absolute Gasteiger partial charge is 0.307 e. The lowest BCUT2D eigenvalue weighted by Gasteiger charge is -2.33. The second kappa shape index (κ2) is 4.66. The van der Waals surface area contributed by atoms with Gasteiger partial charge in [0.15, 0.2) is 0 Å². The molecule has 0 spiro atoms. The molecule has 17 heavy (non-hydrogen) atoms. The van der Waals surface area contributed by atoms with Gasteiger partial charge in [0.25, 0.3) is 0 Å². The number of esters is 1. The Balaban J connectivity index is 2.31. The van der Waals surface area contributed by atoms with Crippen LogP contribution in [0, 0.1) is 5.92 Å². The van der Waals surface area contributed by atoms with Gasteiger partial charge < -0.3 is 19.5 Å². The average Bonchev–Trinajstić information content (AvgIpc) is 2.62. The third-order valence-electron chi connectivity index (χ3n) is 3.11. The van der Waals surface area contributed by atoms with Crippen LogP contribution in [0.15, 0.2) is 11.5 Å². The van der Waals surface area contributed by atoms with Gasteiger partial charge in [0.2, 0.25) is 6.29 Å². The molecule has 2 unspecified atom stereocenters. The van der Waals surface area contributed by atoms with Gasteiger partial charge in [-0.05, 0) is 13.3 Å². The maximum atomic E-state index is 11.2. The fourth-order valence-corrected chi connectivity index (χ4v) is 2.31. The van der Waals surface area contributed by atoms with Crippen molar-refractivity contribution in [3.05, 3.63) is 11.5 Å². The van der Waals surface area contributed by atoms with Crippen LogP contribution in [0.4, 0.5) is 0 Å². The van der Waals surface area contributed by atoms with Crippen LogP contribution in [0.25, 0.3) is 0 Å². The third kappa shape index (κ3) is 2.30. The Morgan fingerprint density at radius 3 is 2.71 bits per heavy atom. The van der Waals surface area contributed by atoms with Crippen molar-refractivity contribution in [2.45, 2.75) is 52.7 Å². The molecule has 0 saturated carbocycles. The predicted octanol–water partition coefficient (Wildman–Crippen LogP) is 1.50. The zero-order chi connectivity index (χ0) is 12.6. The molecule has 1 saturated heterocycles. The van der Waals surface area contributed by atoms with Crippen molar-refractivity contribution in [1.29, 1.82) is 0 Å². The van der Waals surface area contributed by atoms with Crippen LogP contribution in [0.5, 0.6) is 0 Å². The minimum Gasteiger partial charge on any atom is -0.429 e. The highest BCUT2D eigenvalue weighted by molar-refractivity contribution is 5.67. The molecule has 0 aromatic heterocycles. The Kier molecular flexibility index (Phi) is 3.40. The molecule has 96 valence electrons. The van der Waals surface area contributed by atoms with Gasteiger partial charge in [-0.1, -0.05) is 13.8 Å². The van der Waals surface area contributed by atoms with Gasteiger partial charge in [0.05, 0.1) is 6.10 Å². The van der Waals surface area contributed by atoms with Crippen LogP contribution in [0.3, 0.4) is 0 Å². The number of nitrogens with one attached hydrogen (secondary N) is 1. The van der Waals surface area contributed by atoms with Crippen LogP contribution in [-0.2, 0) is 19.0 Å². The van der Waals surface area contributed by atoms with E-state index in [4.69, 9.17) is 14.2 Å². The van der Waals surface area contributed by atoms with Crippen molar-refractivity contribution < 1.29 is 19.0 Å². The van der Waals surface area contributed by atoms with Crippen molar-refractivity contribution in [3.63, 3.8) is 0 Å². The Morgan fingerprint density at radius 2 is 2.12 bits per heavy atom. The first-order chi connectivity index (χ1) is 8.02. The van der Waals surface area contributed by atoms with Crippen molar-refractivity contribution >= 4 is 5.97 Å². The number of hydrogen-bond donors (Lipinski definition) is 1. The fourth-order valence-electron chi connectivity index (χ4n) is 2.31. The number of fused-ring (bicyclic) bond motifs is 1. The van der Waals surface area contributed by atoms with E-state index < -0.39 is 6.29 Å². The van der Waals surface area contributed by atoms with E-state index in [2.05, 4.69) is 5.32 Å². The van der Waals surface area contributed by atoms with Gasteiger partial charge in [0, 0.05) is 12.8 Å². The molecule has 2 rings (SSSR count). The fraction of sp³-hybridized carbons (Fsp3) is 0.750. The van der Waals surface area contributed by atoms with Crippen LogP contribution in [0.1, 0.15) is 34.1 Å². The molecular formula is C12H19NO4. The molecule has 4 atom stereocenters. The number of hydrogen-bond acceptors (Lipinski definition) is 5. The molecule has 5 nitrogen and oxygen atoms in total. The summed E-state index contributed by atoms with van der Waals surface area (Å²) in [4.78, 5) is 11.2. The molecule has 0 aromatic rings. The predicted molar refractivity (Wildman–Crippen MR) is 60.6 cm³/mol. The van der Waals surface area contributed by atoms with Gasteiger partial charge in [-0.25, -0.2) is 0 Å². The first kappa shape index (κ1) is 12.4. The van der Waals surface area contributed by atoms with Crippen LogP contribution < -0.4 is 5.32 Å². The number of carbonyl (C=O) groups excluding carboxylic acids is 1. The normalized spacial score (nSPS) is 36.5. The molecule has 5 heteroatoms. The van der Waals surface area contributed by atoms with Gasteiger partial charge in [-0.15, -0.1) is 0 Å². The summed E-state index contributed by atoms with van der Waals surface area (Å²) in [5.74, 6) is 0.401. The molecule has 2 aliphatic heterocycles. The lowest BCUT2D eigenvalue weighted by molar-refractivity contribution is -0.171. The summed E-state index contributed by atoms with van der Waals surface area (Å²) in [5.41, 5.74) is 0.755. The molecule has 0 radical (unpaired) electrons. The molecule has 0 aromatic carbocycles. The lowest BCUT2D eigenvalue weighted by atomic mass is 9.96. The monoisotopic (exact) mass is 241 g/mol. The summed E-state index contributed by atoms with van der Waals surface area (Å²) >= 11 is 0. The second-order valence-electron chi connectivity index (χ2n) is 4.50. The van der Waals surface area contributed by atoms with Crippen LogP contribution in [0.2, 0.25) is 0 Å². The van der Waals surface area contributed by atoms with E-state index in [0.717, 1.165) is 12.1 Å². The van der Waals surface area contributed by atoms with Gasteiger partial charge in [-0.3, -0.25) is 4.79 Å². The SMILES string of the molecule is CCC1O[C@H]2OC(C)NC2=C(OC(C)=O)[C@H]1C. The average molecular weight is 241 g/mol. The minimum atomic E-state index is -0.430. The molecule has 1 N–H and O–H groups in total. The maximum Gasteiger partial charge on any atom is 0.307 e. The summed E-state index contributed by atoms with van der Waals surface area (Å²) in [7, 11) is 0. The Labute approximate surface area is 101 Å². The van der Waals surface area contributed by atoms with Gasteiger partial charge >= 0.3 is 5.97 Å². The highest BCUT2D eigenvalue weighted by Gasteiger charge is 2.41. The van der Waals surface area contributed by atoms with E-state index in [1.165, 1.54) is 6.92 Å². The molecule has 1 fully saturated rings. The molecule has 0 amide bonds. The zero-order valence-corrected chi connectivity index (χ0v) is 10.6. The van der Waals surface area contributed by atoms with Crippen molar-refractivity contribution in [1.82, 2.24) is 5.32 Å². The van der Waals surface area contributed by atoms with Crippen molar-refractivity contribution in [2.75, 3.05) is 0 Å². The van der Waals surface area contributed by atoms with E-state index in [1.807, 2.05) is 20.8 Å². The maximum absolute atomic E-state index is 11.2. The standard InChI is InChI=1S/C12H19NO4/c1-5-9-6(2)11(16-8(4)14)10-12(17-9)15-7(3)13-10/h6-7,9,12-13H,5H2,1-4H3/t6-,7?,9?,12+/m0/s1. The lowest BCUT2D eigenvalue weighted by Crippen LogP contribution is -2.37. The quantitative estimate of drug-likeness (QED) is 0.742. The van der Waals surface area contributed by atoms with Gasteiger partial charge in [0.1, 0.15) is 17.7 Å². The zero-order valence-electron chi connectivity index (χ0n) is 10.6. The number of ether oxygens (including phenoxy) is 3. The summed E-state index contributed by atoms with van der Waals surface area (Å²) in [6.45, 7) is 7.35. The first-order valence-corrected chi connectivity index (χ1v) is 6.02. The van der Waals surface area contributed by atoms with Gasteiger partial charge in [-0.2, -0.15) is 0 Å². The molecule has 2 heterocycles. The van der Waals surface area contributed by atoms with Crippen LogP contribution in [-0.4, -0.2) is 24.6 Å². The Bertz CT molecular complexity index is 352. The second-order valence-corrected chi connectivity index (χ2v) is 4.50. The third-order valence-corrected chi connectivity index (χ3v) is 3.11. The summed E-state index contributed by atoms with van der Waals surface area (Å²) in [6, 6.07) is 0. The molecule has 0 bridgehead atoms. The van der Waals surface area contributed by atoms with Crippen molar-refractivity contribution in [2.24, 2.45) is 5.92 Å². The summed E-state index contributed by atoms with van der Waals surface area (Å²) in [6.07, 6.45) is 0.321. The summed E-state index contributed by atoms with van der Waals surface area (Å²) in [5, 5.41) is 3.14. The molecule has 0 aliphatic carbocycles. The molecule has 2 aliphatic rings. The molecular weight excluding hydrogens is 222 g/mol. The first-order valence-electron chi connectivity index (χ1n) is 6.02. The van der Waals surface area contributed by atoms with E-state index in [1.54, 1.807) is 0 Å². The minimum absolute atomic E-state index is 0.0187. The van der Waals surface area contributed by atoms with E-state index in [9.17, 15) is 4.79 Å². The van der Waals surface area contributed by atoms with Crippen LogP contribution >= 0.6 is 0 Å². The van der Waals surface area contributed by atoms with E-state index in [-0.39, 0.29) is 24.2 Å². The van der Waals surface area contributed by atoms with E-state index >= 15 is 0 Å². The topological polar surface area (TPSA) is 56.8 Å².